The Morgan fingerprint density at radius 3 is 2.18 bits per heavy atom. The molecule has 1 N–H and O–H groups in total. The lowest BCUT2D eigenvalue weighted by Crippen LogP contribution is -3.16. The molecule has 1 aromatic rings. The van der Waals surface area contributed by atoms with Crippen molar-refractivity contribution in [2.75, 3.05) is 44.8 Å². The molecule has 7 heteroatoms. The molecule has 0 aliphatic carbocycles. The molecule has 0 radical (unpaired) electrons. The van der Waals surface area contributed by atoms with Crippen LogP contribution >= 0.6 is 0 Å². The maximum absolute atomic E-state index is 11.9. The molecule has 3 rings (SSSR count). The minimum atomic E-state index is -0.743. The Bertz CT molecular complexity index is 596. The Morgan fingerprint density at radius 1 is 1.00 bits per heavy atom. The smallest absolute Gasteiger partial charge is 0.338 e. The number of piperazine rings is 1. The van der Waals surface area contributed by atoms with Crippen molar-refractivity contribution in [3.05, 3.63) is 30.3 Å². The second-order valence-electron chi connectivity index (χ2n) is 5.61. The van der Waals surface area contributed by atoms with Crippen molar-refractivity contribution in [1.29, 1.82) is 0 Å². The number of nitrogens with zero attached hydrogens (tertiary/aromatic N) is 3. The summed E-state index contributed by atoms with van der Waals surface area (Å²) in [4.78, 5) is 40.5. The SMILES string of the molecule is CN1C(=O)C(=O)N(C[NH+]2CCN(c3ccccc3)CC2)C1=O. The van der Waals surface area contributed by atoms with E-state index in [2.05, 4.69) is 17.0 Å². The number of nitrogens with one attached hydrogen (secondary N) is 1. The van der Waals surface area contributed by atoms with E-state index >= 15 is 0 Å². The number of quaternary nitrogens is 1. The van der Waals surface area contributed by atoms with Gasteiger partial charge < -0.3 is 9.80 Å². The van der Waals surface area contributed by atoms with Crippen LogP contribution < -0.4 is 9.80 Å². The molecule has 22 heavy (non-hydrogen) atoms. The quantitative estimate of drug-likeness (QED) is 0.561. The second kappa shape index (κ2) is 5.76. The summed E-state index contributed by atoms with van der Waals surface area (Å²) in [7, 11) is 1.34. The van der Waals surface area contributed by atoms with Crippen molar-refractivity contribution < 1.29 is 19.3 Å². The first-order chi connectivity index (χ1) is 10.6. The molecule has 0 aromatic heterocycles. The normalized spacial score (nSPS) is 20.2. The van der Waals surface area contributed by atoms with Gasteiger partial charge in [0.05, 0.1) is 26.2 Å². The second-order valence-corrected chi connectivity index (χ2v) is 5.61. The van der Waals surface area contributed by atoms with Gasteiger partial charge >= 0.3 is 17.8 Å². The molecule has 0 atom stereocenters. The molecule has 0 spiro atoms. The number of urea groups is 1. The molecule has 7 nitrogen and oxygen atoms in total. The van der Waals surface area contributed by atoms with E-state index in [0.29, 0.717) is 0 Å². The van der Waals surface area contributed by atoms with Crippen LogP contribution in [0.1, 0.15) is 0 Å². The van der Waals surface area contributed by atoms with Crippen LogP contribution in [-0.4, -0.2) is 67.5 Å². The first-order valence-corrected chi connectivity index (χ1v) is 7.35. The van der Waals surface area contributed by atoms with E-state index < -0.39 is 17.8 Å². The number of likely N-dealkylation sites (N-methyl/N-ethyl adjacent to an activating group) is 1. The summed E-state index contributed by atoms with van der Waals surface area (Å²) in [6, 6.07) is 9.64. The van der Waals surface area contributed by atoms with Gasteiger partial charge in [-0.05, 0) is 12.1 Å². The van der Waals surface area contributed by atoms with Crippen LogP contribution in [-0.2, 0) is 9.59 Å². The fourth-order valence-electron chi connectivity index (χ4n) is 2.85. The molecule has 1 aromatic carbocycles. The van der Waals surface area contributed by atoms with Crippen LogP contribution in [0.2, 0.25) is 0 Å². The van der Waals surface area contributed by atoms with Gasteiger partial charge in [0.15, 0.2) is 6.67 Å². The minimum absolute atomic E-state index is 0.260. The Hall–Kier alpha value is -2.41. The first kappa shape index (κ1) is 14.5. The van der Waals surface area contributed by atoms with E-state index in [1.807, 2.05) is 18.2 Å². The van der Waals surface area contributed by atoms with Crippen molar-refractivity contribution >= 4 is 23.5 Å². The Kier molecular flexibility index (Phi) is 3.81. The zero-order chi connectivity index (χ0) is 15.7. The monoisotopic (exact) mass is 303 g/mol. The molecule has 2 heterocycles. The fourth-order valence-corrected chi connectivity index (χ4v) is 2.85. The van der Waals surface area contributed by atoms with Gasteiger partial charge in [-0.15, -0.1) is 0 Å². The molecular formula is C15H19N4O3+. The number of amides is 4. The summed E-state index contributed by atoms with van der Waals surface area (Å²) < 4.78 is 0. The predicted octanol–water partition coefficient (Wildman–Crippen LogP) is -1.23. The number of para-hydroxylation sites is 1. The molecule has 116 valence electrons. The van der Waals surface area contributed by atoms with E-state index in [1.54, 1.807) is 0 Å². The van der Waals surface area contributed by atoms with Gasteiger partial charge in [-0.2, -0.15) is 0 Å². The van der Waals surface area contributed by atoms with Crippen molar-refractivity contribution in [3.63, 3.8) is 0 Å². The molecular weight excluding hydrogens is 284 g/mol. The van der Waals surface area contributed by atoms with Crippen LogP contribution in [0.25, 0.3) is 0 Å². The predicted molar refractivity (Wildman–Crippen MR) is 79.2 cm³/mol. The van der Waals surface area contributed by atoms with E-state index in [0.717, 1.165) is 40.9 Å². The summed E-state index contributed by atoms with van der Waals surface area (Å²) in [6.07, 6.45) is 0. The summed E-state index contributed by atoms with van der Waals surface area (Å²) in [5.74, 6) is -1.46. The van der Waals surface area contributed by atoms with Crippen molar-refractivity contribution in [1.82, 2.24) is 9.80 Å². The zero-order valence-electron chi connectivity index (χ0n) is 12.5. The van der Waals surface area contributed by atoms with Gasteiger partial charge in [-0.3, -0.25) is 14.5 Å². The Labute approximate surface area is 128 Å². The third kappa shape index (κ3) is 2.55. The van der Waals surface area contributed by atoms with Crippen molar-refractivity contribution in [3.8, 4) is 0 Å². The third-order valence-electron chi connectivity index (χ3n) is 4.22. The summed E-state index contributed by atoms with van der Waals surface area (Å²) in [5.41, 5.74) is 1.18. The lowest BCUT2D eigenvalue weighted by atomic mass is 10.2. The highest BCUT2D eigenvalue weighted by Gasteiger charge is 2.44. The number of hydrogen-bond acceptors (Lipinski definition) is 4. The number of carbonyl (C=O) groups excluding carboxylic acids is 3. The summed E-state index contributed by atoms with van der Waals surface area (Å²) >= 11 is 0. The zero-order valence-corrected chi connectivity index (χ0v) is 12.5. The van der Waals surface area contributed by atoms with Crippen molar-refractivity contribution in [2.24, 2.45) is 0 Å². The highest BCUT2D eigenvalue weighted by molar-refractivity contribution is 6.44. The molecule has 4 amide bonds. The Balaban J connectivity index is 1.58. The highest BCUT2D eigenvalue weighted by atomic mass is 16.2. The topological polar surface area (TPSA) is 65.4 Å². The number of carbonyl (C=O) groups is 3. The van der Waals surface area contributed by atoms with E-state index in [9.17, 15) is 14.4 Å². The first-order valence-electron chi connectivity index (χ1n) is 7.35. The largest absolute Gasteiger partial charge is 0.360 e. The van der Waals surface area contributed by atoms with Crippen LogP contribution in [0.5, 0.6) is 0 Å². The maximum Gasteiger partial charge on any atom is 0.338 e. The van der Waals surface area contributed by atoms with Gasteiger partial charge in [0.1, 0.15) is 0 Å². The van der Waals surface area contributed by atoms with Crippen LogP contribution in [0.3, 0.4) is 0 Å². The van der Waals surface area contributed by atoms with Crippen LogP contribution in [0, 0.1) is 0 Å². The van der Waals surface area contributed by atoms with Gasteiger partial charge in [0, 0.05) is 12.7 Å². The number of imide groups is 2. The van der Waals surface area contributed by atoms with Crippen molar-refractivity contribution in [2.45, 2.75) is 0 Å². The minimum Gasteiger partial charge on any atom is -0.360 e. The maximum atomic E-state index is 11.9. The van der Waals surface area contributed by atoms with Gasteiger partial charge in [-0.1, -0.05) is 18.2 Å². The molecule has 2 aliphatic heterocycles. The molecule has 0 unspecified atom stereocenters. The lowest BCUT2D eigenvalue weighted by molar-refractivity contribution is -0.907. The summed E-state index contributed by atoms with van der Waals surface area (Å²) in [6.45, 7) is 3.63. The number of rotatable bonds is 3. The van der Waals surface area contributed by atoms with Gasteiger partial charge in [0.2, 0.25) is 0 Å². The average Bonchev–Trinajstić information content (AvgIpc) is 2.74. The van der Waals surface area contributed by atoms with Gasteiger partial charge in [-0.25, -0.2) is 9.69 Å². The average molecular weight is 303 g/mol. The molecule has 2 fully saturated rings. The van der Waals surface area contributed by atoms with Crippen LogP contribution in [0.4, 0.5) is 10.5 Å². The molecule has 2 saturated heterocycles. The van der Waals surface area contributed by atoms with Gasteiger partial charge in [0.25, 0.3) is 0 Å². The fraction of sp³-hybridized carbons (Fsp3) is 0.400. The van der Waals surface area contributed by atoms with E-state index in [4.69, 9.17) is 0 Å². The summed E-state index contributed by atoms with van der Waals surface area (Å²) in [5, 5.41) is 0. The number of anilines is 1. The highest BCUT2D eigenvalue weighted by Crippen LogP contribution is 2.12. The molecule has 0 bridgehead atoms. The Morgan fingerprint density at radius 2 is 1.64 bits per heavy atom. The van der Waals surface area contributed by atoms with Crippen LogP contribution in [0.15, 0.2) is 30.3 Å². The molecule has 0 saturated carbocycles. The lowest BCUT2D eigenvalue weighted by Gasteiger charge is -2.34. The number of hydrogen-bond donors (Lipinski definition) is 1. The number of benzene rings is 1. The van der Waals surface area contributed by atoms with E-state index in [1.165, 1.54) is 12.7 Å². The standard InChI is InChI=1S/C15H18N4O3/c1-16-13(20)14(21)19(15(16)22)11-17-7-9-18(10-8-17)12-5-3-2-4-6-12/h2-6H,7-11H2,1H3/p+1. The third-order valence-corrected chi connectivity index (χ3v) is 4.22. The van der Waals surface area contributed by atoms with E-state index in [-0.39, 0.29) is 6.67 Å². The molecule has 2 aliphatic rings.